The molecule has 0 radical (unpaired) electrons. The zero-order valence-corrected chi connectivity index (χ0v) is 9.58. The second kappa shape index (κ2) is 4.96. The molecule has 0 heterocycles. The molecule has 1 atom stereocenters. The zero-order chi connectivity index (χ0) is 10.7. The highest BCUT2D eigenvalue weighted by Crippen LogP contribution is 2.26. The second-order valence-corrected chi connectivity index (χ2v) is 3.83. The summed E-state index contributed by atoms with van der Waals surface area (Å²) in [5, 5.41) is 3.52. The minimum atomic E-state index is -0.255. The van der Waals surface area contributed by atoms with Crippen molar-refractivity contribution in [3.05, 3.63) is 34.1 Å². The molecule has 1 nitrogen and oxygen atoms in total. The van der Waals surface area contributed by atoms with Gasteiger partial charge in [0.05, 0.1) is 0 Å². The highest BCUT2D eigenvalue weighted by Gasteiger charge is 2.13. The van der Waals surface area contributed by atoms with Gasteiger partial charge in [-0.2, -0.15) is 0 Å². The van der Waals surface area contributed by atoms with Crippen molar-refractivity contribution in [1.29, 1.82) is 0 Å². The van der Waals surface area contributed by atoms with Crippen LogP contribution in [0.4, 0.5) is 4.39 Å². The lowest BCUT2D eigenvalue weighted by Gasteiger charge is -2.15. The average molecular weight is 236 g/mol. The molecule has 1 unspecified atom stereocenters. The van der Waals surface area contributed by atoms with Crippen molar-refractivity contribution >= 4 is 23.2 Å². The van der Waals surface area contributed by atoms with Gasteiger partial charge in [0, 0.05) is 16.9 Å². The van der Waals surface area contributed by atoms with E-state index in [0.717, 1.165) is 0 Å². The van der Waals surface area contributed by atoms with E-state index in [1.807, 2.05) is 0 Å². The lowest BCUT2D eigenvalue weighted by Crippen LogP contribution is -2.18. The molecule has 0 saturated carbocycles. The molecular formula is C10H12Cl2FN. The molecule has 1 aromatic rings. The van der Waals surface area contributed by atoms with Gasteiger partial charge in [-0.3, -0.25) is 0 Å². The first-order chi connectivity index (χ1) is 6.60. The van der Waals surface area contributed by atoms with E-state index in [4.69, 9.17) is 23.2 Å². The van der Waals surface area contributed by atoms with E-state index in [2.05, 4.69) is 5.32 Å². The standard InChI is InChI=1S/C10H12Cl2FN/c1-6-3-8(12)7(4-9(6)13)10(5-11)14-2/h3-4,10,14H,5H2,1-2H3. The van der Waals surface area contributed by atoms with Crippen LogP contribution in [0.5, 0.6) is 0 Å². The molecule has 1 aromatic carbocycles. The maximum Gasteiger partial charge on any atom is 0.126 e. The predicted molar refractivity (Wildman–Crippen MR) is 58.7 cm³/mol. The summed E-state index contributed by atoms with van der Waals surface area (Å²) in [4.78, 5) is 0. The van der Waals surface area contributed by atoms with E-state index in [9.17, 15) is 4.39 Å². The molecule has 4 heteroatoms. The van der Waals surface area contributed by atoms with Gasteiger partial charge < -0.3 is 5.32 Å². The summed E-state index contributed by atoms with van der Waals surface area (Å²) in [7, 11) is 1.77. The number of alkyl halides is 1. The Morgan fingerprint density at radius 2 is 2.14 bits per heavy atom. The summed E-state index contributed by atoms with van der Waals surface area (Å²) in [5.74, 6) is 0.105. The van der Waals surface area contributed by atoms with Gasteiger partial charge >= 0.3 is 0 Å². The molecule has 0 fully saturated rings. The SMILES string of the molecule is CNC(CCl)c1cc(F)c(C)cc1Cl. The molecule has 1 N–H and O–H groups in total. The van der Waals surface area contributed by atoms with Gasteiger partial charge in [0.2, 0.25) is 0 Å². The van der Waals surface area contributed by atoms with E-state index in [1.54, 1.807) is 20.0 Å². The van der Waals surface area contributed by atoms with E-state index >= 15 is 0 Å². The third-order valence-corrected chi connectivity index (χ3v) is 2.79. The van der Waals surface area contributed by atoms with Crippen LogP contribution in [0.1, 0.15) is 17.2 Å². The van der Waals surface area contributed by atoms with Crippen LogP contribution < -0.4 is 5.32 Å². The summed E-state index contributed by atoms with van der Waals surface area (Å²) in [6.07, 6.45) is 0. The fourth-order valence-corrected chi connectivity index (χ4v) is 1.91. The van der Waals surface area contributed by atoms with Crippen molar-refractivity contribution in [2.45, 2.75) is 13.0 Å². The third kappa shape index (κ3) is 2.38. The summed E-state index contributed by atoms with van der Waals surface area (Å²) in [6.45, 7) is 1.68. The van der Waals surface area contributed by atoms with Crippen LogP contribution in [0.3, 0.4) is 0 Å². The van der Waals surface area contributed by atoms with Crippen molar-refractivity contribution in [2.75, 3.05) is 12.9 Å². The van der Waals surface area contributed by atoms with Crippen LogP contribution in [-0.2, 0) is 0 Å². The number of nitrogens with one attached hydrogen (secondary N) is 1. The van der Waals surface area contributed by atoms with Gasteiger partial charge in [0.25, 0.3) is 0 Å². The molecule has 0 aliphatic carbocycles. The van der Waals surface area contributed by atoms with Crippen molar-refractivity contribution < 1.29 is 4.39 Å². The Balaban J connectivity index is 3.14. The Morgan fingerprint density at radius 3 is 2.64 bits per heavy atom. The number of halogens is 3. The molecule has 0 aromatic heterocycles. The molecule has 0 bridgehead atoms. The number of hydrogen-bond acceptors (Lipinski definition) is 1. The number of aryl methyl sites for hydroxylation is 1. The lowest BCUT2D eigenvalue weighted by atomic mass is 10.1. The van der Waals surface area contributed by atoms with Gasteiger partial charge in [0.1, 0.15) is 5.82 Å². The Morgan fingerprint density at radius 1 is 1.50 bits per heavy atom. The van der Waals surface area contributed by atoms with Crippen LogP contribution in [-0.4, -0.2) is 12.9 Å². The third-order valence-electron chi connectivity index (χ3n) is 2.16. The van der Waals surface area contributed by atoms with Gasteiger partial charge in [-0.1, -0.05) is 11.6 Å². The Hall–Kier alpha value is -0.310. The van der Waals surface area contributed by atoms with Crippen LogP contribution >= 0.6 is 23.2 Å². The first kappa shape index (κ1) is 11.8. The molecule has 0 aliphatic rings. The van der Waals surface area contributed by atoms with E-state index in [-0.39, 0.29) is 11.9 Å². The predicted octanol–water partition coefficient (Wildman–Crippen LogP) is 3.29. The first-order valence-electron chi connectivity index (χ1n) is 4.29. The van der Waals surface area contributed by atoms with Crippen molar-refractivity contribution in [1.82, 2.24) is 5.32 Å². The lowest BCUT2D eigenvalue weighted by molar-refractivity contribution is 0.603. The van der Waals surface area contributed by atoms with Gasteiger partial charge in [-0.15, -0.1) is 11.6 Å². The molecule has 0 spiro atoms. The number of rotatable bonds is 3. The van der Waals surface area contributed by atoms with Crippen LogP contribution in [0.15, 0.2) is 12.1 Å². The van der Waals surface area contributed by atoms with E-state index in [1.165, 1.54) is 6.07 Å². The molecular weight excluding hydrogens is 224 g/mol. The Labute approximate surface area is 93.2 Å². The van der Waals surface area contributed by atoms with Crippen molar-refractivity contribution in [3.8, 4) is 0 Å². The molecule has 1 rings (SSSR count). The zero-order valence-electron chi connectivity index (χ0n) is 8.07. The summed E-state index contributed by atoms with van der Waals surface area (Å²) in [6, 6.07) is 2.93. The highest BCUT2D eigenvalue weighted by molar-refractivity contribution is 6.31. The minimum Gasteiger partial charge on any atom is -0.312 e. The summed E-state index contributed by atoms with van der Waals surface area (Å²) < 4.78 is 13.3. The van der Waals surface area contributed by atoms with Crippen LogP contribution in [0.25, 0.3) is 0 Å². The second-order valence-electron chi connectivity index (χ2n) is 3.12. The number of hydrogen-bond donors (Lipinski definition) is 1. The monoisotopic (exact) mass is 235 g/mol. The van der Waals surface area contributed by atoms with Gasteiger partial charge in [-0.25, -0.2) is 4.39 Å². The van der Waals surface area contributed by atoms with Crippen LogP contribution in [0.2, 0.25) is 5.02 Å². The van der Waals surface area contributed by atoms with Gasteiger partial charge in [-0.05, 0) is 37.2 Å². The largest absolute Gasteiger partial charge is 0.312 e. The van der Waals surface area contributed by atoms with Crippen molar-refractivity contribution in [3.63, 3.8) is 0 Å². The normalized spacial score (nSPS) is 12.9. The minimum absolute atomic E-state index is 0.112. The van der Waals surface area contributed by atoms with Crippen molar-refractivity contribution in [2.24, 2.45) is 0 Å². The number of benzene rings is 1. The van der Waals surface area contributed by atoms with Gasteiger partial charge in [0.15, 0.2) is 0 Å². The molecule has 0 aliphatic heterocycles. The van der Waals surface area contributed by atoms with E-state index in [0.29, 0.717) is 22.0 Å². The summed E-state index contributed by atoms with van der Waals surface area (Å²) >= 11 is 11.7. The molecule has 0 amide bonds. The maximum absolute atomic E-state index is 13.3. The topological polar surface area (TPSA) is 12.0 Å². The van der Waals surface area contributed by atoms with Crippen LogP contribution in [0, 0.1) is 12.7 Å². The maximum atomic E-state index is 13.3. The highest BCUT2D eigenvalue weighted by atomic mass is 35.5. The van der Waals surface area contributed by atoms with E-state index < -0.39 is 0 Å². The summed E-state index contributed by atoms with van der Waals surface area (Å²) in [5.41, 5.74) is 1.25. The molecule has 78 valence electrons. The quantitative estimate of drug-likeness (QED) is 0.794. The first-order valence-corrected chi connectivity index (χ1v) is 5.20. The molecule has 0 saturated heterocycles. The average Bonchev–Trinajstić information content (AvgIpc) is 2.15. The Bertz CT molecular complexity index is 324. The fraction of sp³-hybridized carbons (Fsp3) is 0.400. The fourth-order valence-electron chi connectivity index (χ4n) is 1.24. The molecule has 14 heavy (non-hydrogen) atoms. The Kier molecular flexibility index (Phi) is 4.17. The smallest absolute Gasteiger partial charge is 0.126 e.